The van der Waals surface area contributed by atoms with Gasteiger partial charge in [-0.15, -0.1) is 0 Å². The van der Waals surface area contributed by atoms with Crippen molar-refractivity contribution in [1.82, 2.24) is 5.32 Å². The van der Waals surface area contributed by atoms with Gasteiger partial charge in [-0.1, -0.05) is 24.6 Å². The molecule has 1 aliphatic rings. The molecule has 0 saturated carbocycles. The third-order valence-electron chi connectivity index (χ3n) is 4.38. The van der Waals surface area contributed by atoms with Crippen LogP contribution in [0.25, 0.3) is 6.08 Å². The monoisotopic (exact) mass is 394 g/mol. The van der Waals surface area contributed by atoms with Crippen LogP contribution in [0.5, 0.6) is 11.5 Å². The van der Waals surface area contributed by atoms with Gasteiger partial charge in [0.15, 0.2) is 0 Å². The number of amides is 4. The predicted molar refractivity (Wildman–Crippen MR) is 109 cm³/mol. The largest absolute Gasteiger partial charge is 0.497 e. The number of anilines is 1. The van der Waals surface area contributed by atoms with Gasteiger partial charge in [0.2, 0.25) is 0 Å². The second kappa shape index (κ2) is 8.60. The molecule has 0 aliphatic carbocycles. The fourth-order valence-corrected chi connectivity index (χ4v) is 2.84. The number of urea groups is 1. The topological polar surface area (TPSA) is 84.9 Å². The summed E-state index contributed by atoms with van der Waals surface area (Å²) in [6.45, 7) is 4.34. The molecular formula is C22H22N2O5. The molecule has 7 nitrogen and oxygen atoms in total. The Labute approximate surface area is 168 Å². The van der Waals surface area contributed by atoms with Gasteiger partial charge in [0.25, 0.3) is 11.8 Å². The summed E-state index contributed by atoms with van der Waals surface area (Å²) < 4.78 is 11.0. The lowest BCUT2D eigenvalue weighted by atomic mass is 10.1. The van der Waals surface area contributed by atoms with Crippen molar-refractivity contribution in [2.24, 2.45) is 0 Å². The van der Waals surface area contributed by atoms with Crippen molar-refractivity contribution in [3.05, 3.63) is 59.2 Å². The highest BCUT2D eigenvalue weighted by Gasteiger charge is 2.36. The first kappa shape index (κ1) is 20.1. The third kappa shape index (κ3) is 4.29. The molecule has 150 valence electrons. The Morgan fingerprint density at radius 1 is 1.07 bits per heavy atom. The van der Waals surface area contributed by atoms with E-state index >= 15 is 0 Å². The summed E-state index contributed by atoms with van der Waals surface area (Å²) in [5.41, 5.74) is 1.75. The maximum Gasteiger partial charge on any atom is 0.335 e. The van der Waals surface area contributed by atoms with Crippen LogP contribution >= 0.6 is 0 Å². The SMILES string of the molecule is CCCOc1cc(OC)ccc1/C=C1\C(=O)NC(=O)N(c2ccc(C)cc2)C1=O. The summed E-state index contributed by atoms with van der Waals surface area (Å²) in [5, 5.41) is 2.22. The van der Waals surface area contributed by atoms with Crippen molar-refractivity contribution in [3.63, 3.8) is 0 Å². The Morgan fingerprint density at radius 3 is 2.45 bits per heavy atom. The minimum absolute atomic E-state index is 0.156. The molecule has 1 N–H and O–H groups in total. The quantitative estimate of drug-likeness (QED) is 0.599. The Balaban J connectivity index is 2.01. The second-order valence-corrected chi connectivity index (χ2v) is 6.55. The standard InChI is InChI=1S/C22H22N2O5/c1-4-11-29-19-13-17(28-3)10-7-15(19)12-18-20(25)23-22(27)24(21(18)26)16-8-5-14(2)6-9-16/h5-10,12-13H,4,11H2,1-3H3,(H,23,25,27)/b18-12+. The lowest BCUT2D eigenvalue weighted by Crippen LogP contribution is -2.54. The number of carbonyl (C=O) groups is 3. The maximum absolute atomic E-state index is 13.0. The van der Waals surface area contributed by atoms with E-state index in [4.69, 9.17) is 9.47 Å². The molecule has 0 radical (unpaired) electrons. The molecule has 29 heavy (non-hydrogen) atoms. The molecule has 0 atom stereocenters. The molecule has 1 heterocycles. The number of nitrogens with zero attached hydrogens (tertiary/aromatic N) is 1. The van der Waals surface area contributed by atoms with E-state index in [0.29, 0.717) is 29.4 Å². The number of barbiturate groups is 1. The Hall–Kier alpha value is -3.61. The van der Waals surface area contributed by atoms with Gasteiger partial charge >= 0.3 is 6.03 Å². The predicted octanol–water partition coefficient (Wildman–Crippen LogP) is 3.46. The van der Waals surface area contributed by atoms with Crippen molar-refractivity contribution < 1.29 is 23.9 Å². The van der Waals surface area contributed by atoms with Gasteiger partial charge in [-0.05, 0) is 43.7 Å². The molecule has 0 bridgehead atoms. The number of aryl methyl sites for hydroxylation is 1. The lowest BCUT2D eigenvalue weighted by molar-refractivity contribution is -0.122. The Kier molecular flexibility index (Phi) is 5.97. The average molecular weight is 394 g/mol. The number of imide groups is 2. The van der Waals surface area contributed by atoms with Gasteiger partial charge in [-0.2, -0.15) is 0 Å². The molecule has 0 unspecified atom stereocenters. The molecule has 0 aromatic heterocycles. The fourth-order valence-electron chi connectivity index (χ4n) is 2.84. The zero-order chi connectivity index (χ0) is 21.0. The van der Waals surface area contributed by atoms with Gasteiger partial charge in [-0.3, -0.25) is 14.9 Å². The first-order chi connectivity index (χ1) is 13.9. The first-order valence-electron chi connectivity index (χ1n) is 9.23. The number of carbonyl (C=O) groups excluding carboxylic acids is 3. The van der Waals surface area contributed by atoms with E-state index in [1.165, 1.54) is 6.08 Å². The van der Waals surface area contributed by atoms with Gasteiger partial charge < -0.3 is 9.47 Å². The van der Waals surface area contributed by atoms with Gasteiger partial charge in [0.05, 0.1) is 19.4 Å². The second-order valence-electron chi connectivity index (χ2n) is 6.55. The number of ether oxygens (including phenoxy) is 2. The summed E-state index contributed by atoms with van der Waals surface area (Å²) in [6, 6.07) is 11.2. The fraction of sp³-hybridized carbons (Fsp3) is 0.227. The highest BCUT2D eigenvalue weighted by atomic mass is 16.5. The van der Waals surface area contributed by atoms with E-state index in [0.717, 1.165) is 16.9 Å². The van der Waals surface area contributed by atoms with E-state index in [1.54, 1.807) is 49.6 Å². The van der Waals surface area contributed by atoms with E-state index in [1.807, 2.05) is 13.8 Å². The number of nitrogens with one attached hydrogen (secondary N) is 1. The van der Waals surface area contributed by atoms with Crippen molar-refractivity contribution >= 4 is 29.6 Å². The first-order valence-corrected chi connectivity index (χ1v) is 9.23. The summed E-state index contributed by atoms with van der Waals surface area (Å²) in [7, 11) is 1.54. The highest BCUT2D eigenvalue weighted by molar-refractivity contribution is 6.39. The number of rotatable bonds is 6. The van der Waals surface area contributed by atoms with E-state index < -0.39 is 17.8 Å². The van der Waals surface area contributed by atoms with E-state index in [-0.39, 0.29) is 5.57 Å². The van der Waals surface area contributed by atoms with Crippen LogP contribution in [-0.2, 0) is 9.59 Å². The number of hydrogen-bond acceptors (Lipinski definition) is 5. The zero-order valence-corrected chi connectivity index (χ0v) is 16.5. The molecule has 0 spiro atoms. The van der Waals surface area contributed by atoms with Crippen molar-refractivity contribution in [2.75, 3.05) is 18.6 Å². The summed E-state index contributed by atoms with van der Waals surface area (Å²) in [5.74, 6) is -0.368. The smallest absolute Gasteiger partial charge is 0.335 e. The summed E-state index contributed by atoms with van der Waals surface area (Å²) in [4.78, 5) is 38.6. The molecule has 2 aromatic carbocycles. The van der Waals surface area contributed by atoms with Crippen molar-refractivity contribution in [3.8, 4) is 11.5 Å². The molecule has 1 fully saturated rings. The van der Waals surface area contributed by atoms with Crippen LogP contribution in [0.1, 0.15) is 24.5 Å². The number of methoxy groups -OCH3 is 1. The van der Waals surface area contributed by atoms with Crippen LogP contribution in [0.2, 0.25) is 0 Å². The molecule has 1 aliphatic heterocycles. The Bertz CT molecular complexity index is 979. The number of hydrogen-bond donors (Lipinski definition) is 1. The van der Waals surface area contributed by atoms with Crippen molar-refractivity contribution in [1.29, 1.82) is 0 Å². The third-order valence-corrected chi connectivity index (χ3v) is 4.38. The molecule has 3 rings (SSSR count). The van der Waals surface area contributed by atoms with E-state index in [9.17, 15) is 14.4 Å². The van der Waals surface area contributed by atoms with Crippen molar-refractivity contribution in [2.45, 2.75) is 20.3 Å². The van der Waals surface area contributed by atoms with E-state index in [2.05, 4.69) is 5.32 Å². The highest BCUT2D eigenvalue weighted by Crippen LogP contribution is 2.29. The van der Waals surface area contributed by atoms with Crippen LogP contribution in [0.3, 0.4) is 0 Å². The number of benzene rings is 2. The van der Waals surface area contributed by atoms with Crippen LogP contribution in [-0.4, -0.2) is 31.6 Å². The summed E-state index contributed by atoms with van der Waals surface area (Å²) >= 11 is 0. The van der Waals surface area contributed by atoms with Gasteiger partial charge in [0, 0.05) is 11.6 Å². The van der Waals surface area contributed by atoms with Crippen LogP contribution < -0.4 is 19.7 Å². The van der Waals surface area contributed by atoms with Gasteiger partial charge in [0.1, 0.15) is 17.1 Å². The van der Waals surface area contributed by atoms with Gasteiger partial charge in [-0.25, -0.2) is 9.69 Å². The zero-order valence-electron chi connectivity index (χ0n) is 16.5. The lowest BCUT2D eigenvalue weighted by Gasteiger charge is -2.26. The van der Waals surface area contributed by atoms with Crippen LogP contribution in [0.4, 0.5) is 10.5 Å². The average Bonchev–Trinajstić information content (AvgIpc) is 2.71. The Morgan fingerprint density at radius 2 is 1.79 bits per heavy atom. The minimum Gasteiger partial charge on any atom is -0.497 e. The summed E-state index contributed by atoms with van der Waals surface area (Å²) in [6.07, 6.45) is 2.22. The molecule has 2 aromatic rings. The van der Waals surface area contributed by atoms with Crippen LogP contribution in [0.15, 0.2) is 48.0 Å². The molecule has 4 amide bonds. The van der Waals surface area contributed by atoms with Crippen LogP contribution in [0, 0.1) is 6.92 Å². The molecule has 1 saturated heterocycles. The maximum atomic E-state index is 13.0. The minimum atomic E-state index is -0.779. The molecular weight excluding hydrogens is 372 g/mol. The normalized spacial score (nSPS) is 15.5. The molecule has 7 heteroatoms.